The van der Waals surface area contributed by atoms with E-state index in [0.717, 1.165) is 22.0 Å². The van der Waals surface area contributed by atoms with Gasteiger partial charge in [0.1, 0.15) is 0 Å². The SMILES string of the molecule is CCNC(=O)c1n[nH]c2cc(-c3ccc(-n4cccc(C)c4=O)cc3Cl)ccc12. The maximum absolute atomic E-state index is 12.4. The van der Waals surface area contributed by atoms with Gasteiger partial charge in [-0.1, -0.05) is 29.8 Å². The van der Waals surface area contributed by atoms with E-state index in [1.165, 1.54) is 0 Å². The first kappa shape index (κ1) is 19.0. The summed E-state index contributed by atoms with van der Waals surface area (Å²) < 4.78 is 1.57. The molecule has 0 fully saturated rings. The van der Waals surface area contributed by atoms with Crippen LogP contribution in [-0.4, -0.2) is 27.2 Å². The highest BCUT2D eigenvalue weighted by atomic mass is 35.5. The summed E-state index contributed by atoms with van der Waals surface area (Å²) in [6.07, 6.45) is 1.72. The molecule has 0 aliphatic carbocycles. The Morgan fingerprint density at radius 2 is 2.03 bits per heavy atom. The number of aryl methyl sites for hydroxylation is 1. The van der Waals surface area contributed by atoms with Gasteiger partial charge in [-0.2, -0.15) is 5.10 Å². The van der Waals surface area contributed by atoms with Gasteiger partial charge >= 0.3 is 0 Å². The monoisotopic (exact) mass is 406 g/mol. The van der Waals surface area contributed by atoms with Gasteiger partial charge in [0, 0.05) is 29.3 Å². The van der Waals surface area contributed by atoms with Crippen LogP contribution in [0.15, 0.2) is 59.5 Å². The molecule has 0 saturated carbocycles. The average Bonchev–Trinajstić information content (AvgIpc) is 3.13. The van der Waals surface area contributed by atoms with Crippen molar-refractivity contribution in [1.29, 1.82) is 0 Å². The number of H-pyrrole nitrogens is 1. The molecule has 4 rings (SSSR count). The summed E-state index contributed by atoms with van der Waals surface area (Å²) in [7, 11) is 0. The van der Waals surface area contributed by atoms with E-state index in [4.69, 9.17) is 11.6 Å². The van der Waals surface area contributed by atoms with Crippen molar-refractivity contribution < 1.29 is 4.79 Å². The Morgan fingerprint density at radius 3 is 2.79 bits per heavy atom. The second kappa shape index (κ2) is 7.56. The number of hydrogen-bond acceptors (Lipinski definition) is 3. The molecule has 2 N–H and O–H groups in total. The third-order valence-corrected chi connectivity index (χ3v) is 5.11. The third-order valence-electron chi connectivity index (χ3n) is 4.79. The van der Waals surface area contributed by atoms with E-state index in [1.54, 1.807) is 29.8 Å². The number of halogens is 1. The molecule has 0 saturated heterocycles. The molecule has 6 nitrogen and oxygen atoms in total. The Labute approximate surface area is 172 Å². The predicted octanol–water partition coefficient (Wildman–Crippen LogP) is 4.09. The molecule has 1 amide bonds. The predicted molar refractivity (Wildman–Crippen MR) is 115 cm³/mol. The zero-order valence-electron chi connectivity index (χ0n) is 16.0. The van der Waals surface area contributed by atoms with Crippen LogP contribution < -0.4 is 10.9 Å². The quantitative estimate of drug-likeness (QED) is 0.535. The number of benzene rings is 2. The molecule has 0 unspecified atom stereocenters. The van der Waals surface area contributed by atoms with Crippen LogP contribution in [0.25, 0.3) is 27.7 Å². The van der Waals surface area contributed by atoms with Crippen molar-refractivity contribution in [3.8, 4) is 16.8 Å². The maximum atomic E-state index is 12.4. The molecule has 7 heteroatoms. The van der Waals surface area contributed by atoms with Crippen molar-refractivity contribution in [2.45, 2.75) is 13.8 Å². The molecule has 0 radical (unpaired) electrons. The molecular weight excluding hydrogens is 388 g/mol. The third kappa shape index (κ3) is 3.43. The lowest BCUT2D eigenvalue weighted by atomic mass is 10.0. The lowest BCUT2D eigenvalue weighted by Gasteiger charge is -2.10. The first-order valence-corrected chi connectivity index (χ1v) is 9.62. The molecule has 0 bridgehead atoms. The fraction of sp³-hybridized carbons (Fsp3) is 0.136. The fourth-order valence-electron chi connectivity index (χ4n) is 3.30. The second-order valence-corrected chi connectivity index (χ2v) is 7.13. The van der Waals surface area contributed by atoms with Gasteiger partial charge in [-0.25, -0.2) is 0 Å². The van der Waals surface area contributed by atoms with E-state index >= 15 is 0 Å². The van der Waals surface area contributed by atoms with Crippen LogP contribution in [0, 0.1) is 6.92 Å². The van der Waals surface area contributed by atoms with Crippen LogP contribution >= 0.6 is 11.6 Å². The first-order chi connectivity index (χ1) is 14.0. The molecule has 4 aromatic rings. The van der Waals surface area contributed by atoms with E-state index in [2.05, 4.69) is 15.5 Å². The van der Waals surface area contributed by atoms with Crippen molar-refractivity contribution in [3.05, 3.63) is 81.4 Å². The van der Waals surface area contributed by atoms with Crippen molar-refractivity contribution in [1.82, 2.24) is 20.1 Å². The molecule has 146 valence electrons. The van der Waals surface area contributed by atoms with Crippen LogP contribution in [0.1, 0.15) is 23.0 Å². The Balaban J connectivity index is 1.73. The molecule has 2 aromatic carbocycles. The van der Waals surface area contributed by atoms with Crippen LogP contribution in [-0.2, 0) is 0 Å². The number of carbonyl (C=O) groups is 1. The van der Waals surface area contributed by atoms with Gasteiger partial charge in [0.2, 0.25) is 0 Å². The summed E-state index contributed by atoms with van der Waals surface area (Å²) in [5, 5.41) is 11.1. The Bertz CT molecular complexity index is 1290. The first-order valence-electron chi connectivity index (χ1n) is 9.24. The van der Waals surface area contributed by atoms with Gasteiger partial charge in [-0.3, -0.25) is 19.3 Å². The maximum Gasteiger partial charge on any atom is 0.272 e. The van der Waals surface area contributed by atoms with Crippen molar-refractivity contribution in [2.24, 2.45) is 0 Å². The zero-order chi connectivity index (χ0) is 20.5. The molecule has 0 aliphatic rings. The molecule has 0 atom stereocenters. The molecule has 29 heavy (non-hydrogen) atoms. The Kier molecular flexibility index (Phi) is 4.94. The van der Waals surface area contributed by atoms with Crippen molar-refractivity contribution in [2.75, 3.05) is 6.54 Å². The largest absolute Gasteiger partial charge is 0.351 e. The number of pyridine rings is 1. The van der Waals surface area contributed by atoms with Gasteiger partial charge in [0.05, 0.1) is 16.2 Å². The lowest BCUT2D eigenvalue weighted by Crippen LogP contribution is -2.23. The lowest BCUT2D eigenvalue weighted by molar-refractivity contribution is 0.0952. The second-order valence-electron chi connectivity index (χ2n) is 6.72. The minimum atomic E-state index is -0.211. The van der Waals surface area contributed by atoms with Crippen molar-refractivity contribution in [3.63, 3.8) is 0 Å². The highest BCUT2D eigenvalue weighted by molar-refractivity contribution is 6.33. The Hall–Kier alpha value is -3.38. The van der Waals surface area contributed by atoms with Gasteiger partial charge in [-0.15, -0.1) is 0 Å². The van der Waals surface area contributed by atoms with Crippen LogP contribution in [0.3, 0.4) is 0 Å². The highest BCUT2D eigenvalue weighted by Gasteiger charge is 2.15. The van der Waals surface area contributed by atoms with Crippen molar-refractivity contribution >= 4 is 28.4 Å². The van der Waals surface area contributed by atoms with Gasteiger partial charge < -0.3 is 5.32 Å². The minimum absolute atomic E-state index is 0.0759. The number of hydrogen-bond donors (Lipinski definition) is 2. The van der Waals surface area contributed by atoms with Crippen LogP contribution in [0.4, 0.5) is 0 Å². The van der Waals surface area contributed by atoms with E-state index in [9.17, 15) is 9.59 Å². The Morgan fingerprint density at radius 1 is 1.21 bits per heavy atom. The standard InChI is InChI=1S/C22H19ClN4O2/c1-3-24-21(28)20-17-8-6-14(11-19(17)25-26-20)16-9-7-15(12-18(16)23)27-10-4-5-13(2)22(27)29/h4-12H,3H2,1-2H3,(H,24,28)(H,25,26). The number of nitrogens with zero attached hydrogens (tertiary/aromatic N) is 2. The van der Waals surface area contributed by atoms with E-state index in [1.807, 2.05) is 43.3 Å². The number of nitrogens with one attached hydrogen (secondary N) is 2. The van der Waals surface area contributed by atoms with E-state index in [0.29, 0.717) is 28.5 Å². The summed E-state index contributed by atoms with van der Waals surface area (Å²) in [6.45, 7) is 4.18. The molecular formula is C22H19ClN4O2. The van der Waals surface area contributed by atoms with Gasteiger partial charge in [0.15, 0.2) is 5.69 Å². The number of aromatic amines is 1. The topological polar surface area (TPSA) is 79.8 Å². The molecule has 0 spiro atoms. The minimum Gasteiger partial charge on any atom is -0.351 e. The van der Waals surface area contributed by atoms with Gasteiger partial charge in [0.25, 0.3) is 11.5 Å². The number of fused-ring (bicyclic) bond motifs is 1. The summed E-state index contributed by atoms with van der Waals surface area (Å²) >= 11 is 6.55. The fourth-order valence-corrected chi connectivity index (χ4v) is 3.58. The number of rotatable bonds is 4. The normalized spacial score (nSPS) is 11.0. The number of aromatic nitrogens is 3. The van der Waals surface area contributed by atoms with Crippen LogP contribution in [0.5, 0.6) is 0 Å². The average molecular weight is 407 g/mol. The summed E-state index contributed by atoms with van der Waals surface area (Å²) in [5.41, 5.74) is 4.12. The summed E-state index contributed by atoms with van der Waals surface area (Å²) in [5.74, 6) is -0.211. The number of carbonyl (C=O) groups excluding carboxylic acids is 1. The van der Waals surface area contributed by atoms with Gasteiger partial charge in [-0.05, 0) is 49.7 Å². The highest BCUT2D eigenvalue weighted by Crippen LogP contribution is 2.32. The van der Waals surface area contributed by atoms with E-state index in [-0.39, 0.29) is 11.5 Å². The number of amides is 1. The summed E-state index contributed by atoms with van der Waals surface area (Å²) in [4.78, 5) is 24.5. The zero-order valence-corrected chi connectivity index (χ0v) is 16.7. The molecule has 2 aromatic heterocycles. The van der Waals surface area contributed by atoms with E-state index < -0.39 is 0 Å². The van der Waals surface area contributed by atoms with Crippen LogP contribution in [0.2, 0.25) is 5.02 Å². The molecule has 0 aliphatic heterocycles. The summed E-state index contributed by atoms with van der Waals surface area (Å²) in [6, 6.07) is 14.8. The molecule has 2 heterocycles. The smallest absolute Gasteiger partial charge is 0.272 e.